The highest BCUT2D eigenvalue weighted by molar-refractivity contribution is 5.97. The monoisotopic (exact) mass is 348 g/mol. The second-order valence-corrected chi connectivity index (χ2v) is 7.07. The van der Waals surface area contributed by atoms with E-state index in [-0.39, 0.29) is 6.09 Å². The van der Waals surface area contributed by atoms with Crippen molar-refractivity contribution < 1.29 is 9.53 Å². The summed E-state index contributed by atoms with van der Waals surface area (Å²) in [5, 5.41) is 12.0. The molecule has 1 fully saturated rings. The Morgan fingerprint density at radius 1 is 1.15 bits per heavy atom. The predicted octanol–water partition coefficient (Wildman–Crippen LogP) is 5.01. The van der Waals surface area contributed by atoms with E-state index in [0.717, 1.165) is 27.5 Å². The molecule has 1 saturated heterocycles. The number of hydrogen-bond donors (Lipinski definition) is 0. The zero-order valence-corrected chi connectivity index (χ0v) is 15.4. The molecular weight excluding hydrogens is 324 g/mol. The Labute approximate surface area is 154 Å². The second kappa shape index (κ2) is 8.05. The molecule has 1 heterocycles. The Bertz CT molecular complexity index is 862. The van der Waals surface area contributed by atoms with Gasteiger partial charge in [0, 0.05) is 13.1 Å². The molecule has 0 saturated carbocycles. The molecule has 3 rings (SSSR count). The topological polar surface area (TPSA) is 53.3 Å². The van der Waals surface area contributed by atoms with Crippen molar-refractivity contribution in [2.45, 2.75) is 26.7 Å². The van der Waals surface area contributed by atoms with E-state index in [0.29, 0.717) is 38.5 Å². The first-order chi connectivity index (χ1) is 12.6. The van der Waals surface area contributed by atoms with Gasteiger partial charge in [0.25, 0.3) is 0 Å². The summed E-state index contributed by atoms with van der Waals surface area (Å²) < 4.78 is 5.31. The van der Waals surface area contributed by atoms with E-state index in [9.17, 15) is 10.1 Å². The summed E-state index contributed by atoms with van der Waals surface area (Å²) >= 11 is 0. The van der Waals surface area contributed by atoms with Gasteiger partial charge in [-0.25, -0.2) is 4.79 Å². The van der Waals surface area contributed by atoms with Crippen molar-refractivity contribution in [3.63, 3.8) is 0 Å². The summed E-state index contributed by atoms with van der Waals surface area (Å²) in [6, 6.07) is 16.6. The molecule has 2 aromatic carbocycles. The first kappa shape index (κ1) is 18.0. The van der Waals surface area contributed by atoms with Gasteiger partial charge in [0.05, 0.1) is 18.2 Å². The van der Waals surface area contributed by atoms with Crippen LogP contribution in [0.3, 0.4) is 0 Å². The number of fused-ring (bicyclic) bond motifs is 1. The third-order valence-electron chi connectivity index (χ3n) is 4.69. The Morgan fingerprint density at radius 2 is 1.85 bits per heavy atom. The van der Waals surface area contributed by atoms with Crippen molar-refractivity contribution in [3.05, 3.63) is 53.6 Å². The number of hydrogen-bond acceptors (Lipinski definition) is 3. The van der Waals surface area contributed by atoms with Crippen LogP contribution in [0.15, 0.2) is 48.0 Å². The van der Waals surface area contributed by atoms with E-state index >= 15 is 0 Å². The molecule has 0 bridgehead atoms. The van der Waals surface area contributed by atoms with Gasteiger partial charge in [-0.2, -0.15) is 5.26 Å². The van der Waals surface area contributed by atoms with Gasteiger partial charge in [-0.3, -0.25) is 0 Å². The van der Waals surface area contributed by atoms with E-state index in [1.54, 1.807) is 4.90 Å². The molecule has 4 heteroatoms. The number of amides is 1. The molecule has 0 unspecified atom stereocenters. The van der Waals surface area contributed by atoms with E-state index in [4.69, 9.17) is 4.74 Å². The summed E-state index contributed by atoms with van der Waals surface area (Å²) in [6.45, 7) is 5.68. The van der Waals surface area contributed by atoms with Gasteiger partial charge in [0.2, 0.25) is 0 Å². The smallest absolute Gasteiger partial charge is 0.409 e. The number of carbonyl (C=O) groups excluding carboxylic acids is 1. The molecule has 26 heavy (non-hydrogen) atoms. The molecule has 1 aliphatic rings. The molecule has 0 spiro atoms. The van der Waals surface area contributed by atoms with E-state index in [2.05, 4.69) is 24.3 Å². The summed E-state index contributed by atoms with van der Waals surface area (Å²) in [5.41, 5.74) is 2.85. The van der Waals surface area contributed by atoms with Crippen LogP contribution in [0, 0.1) is 17.2 Å². The Morgan fingerprint density at radius 3 is 2.54 bits per heavy atom. The van der Waals surface area contributed by atoms with Gasteiger partial charge < -0.3 is 9.64 Å². The lowest BCUT2D eigenvalue weighted by atomic mass is 9.91. The standard InChI is InChI=1S/C22H24N2O2/c1-16(2)15-26-22(25)24-12-10-18(11-13-24)21(14-23)20-9-5-7-17-6-3-4-8-19(17)20/h3-9,16H,10-13,15H2,1-2H3. The molecule has 0 aliphatic carbocycles. The number of allylic oxidation sites excluding steroid dienone is 1. The maximum Gasteiger partial charge on any atom is 0.409 e. The SMILES string of the molecule is CC(C)COC(=O)N1CCC(=C(C#N)c2cccc3ccccc23)CC1. The third kappa shape index (κ3) is 3.88. The fraction of sp³-hybridized carbons (Fsp3) is 0.364. The lowest BCUT2D eigenvalue weighted by Crippen LogP contribution is -2.37. The van der Waals surface area contributed by atoms with Crippen molar-refractivity contribution in [1.29, 1.82) is 5.26 Å². The normalized spacial score (nSPS) is 14.4. The van der Waals surface area contributed by atoms with Crippen LogP contribution in [0.1, 0.15) is 32.3 Å². The average molecular weight is 348 g/mol. The van der Waals surface area contributed by atoms with Crippen LogP contribution in [0.5, 0.6) is 0 Å². The van der Waals surface area contributed by atoms with Gasteiger partial charge in [-0.1, -0.05) is 56.3 Å². The third-order valence-corrected chi connectivity index (χ3v) is 4.69. The maximum absolute atomic E-state index is 12.1. The second-order valence-electron chi connectivity index (χ2n) is 7.07. The molecule has 0 atom stereocenters. The minimum atomic E-state index is -0.249. The zero-order valence-electron chi connectivity index (χ0n) is 15.4. The van der Waals surface area contributed by atoms with Gasteiger partial charge in [0.1, 0.15) is 0 Å². The molecule has 134 valence electrons. The molecule has 1 aliphatic heterocycles. The largest absolute Gasteiger partial charge is 0.449 e. The van der Waals surface area contributed by atoms with E-state index < -0.39 is 0 Å². The van der Waals surface area contributed by atoms with E-state index in [1.165, 1.54) is 0 Å². The van der Waals surface area contributed by atoms with Crippen molar-refractivity contribution in [3.8, 4) is 6.07 Å². The first-order valence-electron chi connectivity index (χ1n) is 9.12. The highest BCUT2D eigenvalue weighted by atomic mass is 16.6. The van der Waals surface area contributed by atoms with Crippen LogP contribution in [-0.2, 0) is 4.74 Å². The number of ether oxygens (including phenoxy) is 1. The van der Waals surface area contributed by atoms with Gasteiger partial charge in [-0.05, 0) is 40.7 Å². The first-order valence-corrected chi connectivity index (χ1v) is 9.12. The van der Waals surface area contributed by atoms with Crippen molar-refractivity contribution in [1.82, 2.24) is 4.90 Å². The fourth-order valence-electron chi connectivity index (χ4n) is 3.31. The molecule has 2 aromatic rings. The summed E-state index contributed by atoms with van der Waals surface area (Å²) in [7, 11) is 0. The molecule has 0 radical (unpaired) electrons. The summed E-state index contributed by atoms with van der Waals surface area (Å²) in [6.07, 6.45) is 1.17. The lowest BCUT2D eigenvalue weighted by molar-refractivity contribution is 0.0896. The Kier molecular flexibility index (Phi) is 5.58. The van der Waals surface area contributed by atoms with Crippen LogP contribution >= 0.6 is 0 Å². The average Bonchev–Trinajstić information content (AvgIpc) is 2.67. The highest BCUT2D eigenvalue weighted by Gasteiger charge is 2.23. The molecule has 1 amide bonds. The Hall–Kier alpha value is -2.80. The molecular formula is C22H24N2O2. The number of likely N-dealkylation sites (tertiary alicyclic amines) is 1. The van der Waals surface area contributed by atoms with Crippen molar-refractivity contribution in [2.24, 2.45) is 5.92 Å². The number of benzene rings is 2. The summed E-state index contributed by atoms with van der Waals surface area (Å²) in [5.74, 6) is 0.329. The number of carbonyl (C=O) groups is 1. The van der Waals surface area contributed by atoms with Crippen LogP contribution in [0.4, 0.5) is 4.79 Å². The minimum Gasteiger partial charge on any atom is -0.449 e. The van der Waals surface area contributed by atoms with Crippen LogP contribution in [-0.4, -0.2) is 30.7 Å². The highest BCUT2D eigenvalue weighted by Crippen LogP contribution is 2.31. The van der Waals surface area contributed by atoms with Crippen molar-refractivity contribution >= 4 is 22.4 Å². The molecule has 0 aromatic heterocycles. The zero-order chi connectivity index (χ0) is 18.5. The predicted molar refractivity (Wildman–Crippen MR) is 103 cm³/mol. The number of rotatable bonds is 3. The summed E-state index contributed by atoms with van der Waals surface area (Å²) in [4.78, 5) is 13.9. The maximum atomic E-state index is 12.1. The van der Waals surface area contributed by atoms with Crippen LogP contribution in [0.25, 0.3) is 16.3 Å². The molecule has 4 nitrogen and oxygen atoms in total. The molecule has 0 N–H and O–H groups in total. The van der Waals surface area contributed by atoms with Crippen LogP contribution < -0.4 is 0 Å². The number of nitrogens with zero attached hydrogens (tertiary/aromatic N) is 2. The quantitative estimate of drug-likeness (QED) is 0.733. The lowest BCUT2D eigenvalue weighted by Gasteiger charge is -2.28. The van der Waals surface area contributed by atoms with Gasteiger partial charge in [-0.15, -0.1) is 0 Å². The Balaban J connectivity index is 1.80. The van der Waals surface area contributed by atoms with Gasteiger partial charge >= 0.3 is 6.09 Å². The van der Waals surface area contributed by atoms with Crippen LogP contribution in [0.2, 0.25) is 0 Å². The minimum absolute atomic E-state index is 0.249. The number of nitriles is 1. The van der Waals surface area contributed by atoms with E-state index in [1.807, 2.05) is 38.1 Å². The fourth-order valence-corrected chi connectivity index (χ4v) is 3.31. The van der Waals surface area contributed by atoms with Gasteiger partial charge in [0.15, 0.2) is 0 Å². The van der Waals surface area contributed by atoms with Crippen molar-refractivity contribution in [2.75, 3.05) is 19.7 Å². The number of piperidine rings is 1.